The minimum absolute atomic E-state index is 0.0163. The third-order valence-corrected chi connectivity index (χ3v) is 4.13. The first-order valence-corrected chi connectivity index (χ1v) is 9.46. The van der Waals surface area contributed by atoms with Crippen LogP contribution in [0.2, 0.25) is 0 Å². The average molecular weight is 431 g/mol. The number of nitrogens with one attached hydrogen (secondary N) is 2. The van der Waals surface area contributed by atoms with Gasteiger partial charge in [0.2, 0.25) is 11.8 Å². The molecule has 3 amide bonds. The molecule has 1 aromatic carbocycles. The van der Waals surface area contributed by atoms with Crippen LogP contribution in [0, 0.1) is 12.3 Å². The lowest BCUT2D eigenvalue weighted by molar-refractivity contribution is -0.141. The first kappa shape index (κ1) is 25.2. The predicted molar refractivity (Wildman–Crippen MR) is 109 cm³/mol. The minimum Gasteiger partial charge on any atom is -0.480 e. The number of carboxylic acid groups (broad SMARTS) is 1. The van der Waals surface area contributed by atoms with Gasteiger partial charge in [-0.1, -0.05) is 30.3 Å². The number of carboxylic acids is 1. The number of alkyl carbamates (subject to hydrolysis) is 1. The number of ketones is 1. The maximum Gasteiger partial charge on any atom is 0.408 e. The highest BCUT2D eigenvalue weighted by Gasteiger charge is 2.24. The van der Waals surface area contributed by atoms with Gasteiger partial charge in [0.25, 0.3) is 0 Å². The van der Waals surface area contributed by atoms with Crippen LogP contribution in [-0.2, 0) is 30.5 Å². The summed E-state index contributed by atoms with van der Waals surface area (Å²) in [6, 6.07) is 6.52. The van der Waals surface area contributed by atoms with Gasteiger partial charge in [0.1, 0.15) is 12.6 Å². The molecule has 0 spiro atoms. The van der Waals surface area contributed by atoms with Gasteiger partial charge in [-0.2, -0.15) is 0 Å². The van der Waals surface area contributed by atoms with Gasteiger partial charge < -0.3 is 26.2 Å². The van der Waals surface area contributed by atoms with Crippen LogP contribution in [0.1, 0.15) is 37.7 Å². The largest absolute Gasteiger partial charge is 0.480 e. The van der Waals surface area contributed by atoms with E-state index in [1.807, 2.05) is 6.07 Å². The second kappa shape index (κ2) is 13.4. The Bertz CT molecular complexity index is 833. The van der Waals surface area contributed by atoms with Crippen LogP contribution in [0.5, 0.6) is 0 Å². The number of hydrogen-bond donors (Lipinski definition) is 4. The number of hydrogen-bond acceptors (Lipinski definition) is 6. The van der Waals surface area contributed by atoms with Gasteiger partial charge in [-0.3, -0.25) is 14.4 Å². The Kier molecular flexibility index (Phi) is 10.9. The number of ether oxygens (including phenoxy) is 1. The third kappa shape index (κ3) is 10.5. The standard InChI is InChI=1S/C21H25N3O7/c1-2-6-16(20(28)29)23-19(27)12-10-17(25)15(9-11-18(22)26)24-21(30)31-13-14-7-4-3-5-8-14/h1,3-5,7-8,15-16H,6,9-13H2,(H2,22,26)(H,23,27)(H,24,30)(H,28,29)/t15-,16?/m0/s1. The topological polar surface area (TPSA) is 165 Å². The lowest BCUT2D eigenvalue weighted by Crippen LogP contribution is -2.43. The Morgan fingerprint density at radius 2 is 1.71 bits per heavy atom. The lowest BCUT2D eigenvalue weighted by atomic mass is 10.0. The number of aliphatic carboxylic acids is 1. The summed E-state index contributed by atoms with van der Waals surface area (Å²) in [4.78, 5) is 58.5. The Hall–Kier alpha value is -3.87. The van der Waals surface area contributed by atoms with Gasteiger partial charge in [-0.15, -0.1) is 12.3 Å². The van der Waals surface area contributed by atoms with E-state index in [1.165, 1.54) is 0 Å². The molecule has 2 atom stereocenters. The van der Waals surface area contributed by atoms with Crippen LogP contribution in [-0.4, -0.2) is 46.9 Å². The lowest BCUT2D eigenvalue weighted by Gasteiger charge is -2.17. The number of carbonyl (C=O) groups excluding carboxylic acids is 4. The first-order chi connectivity index (χ1) is 14.7. The molecule has 0 aliphatic rings. The molecule has 10 nitrogen and oxygen atoms in total. The number of nitrogens with two attached hydrogens (primary N) is 1. The van der Waals surface area contributed by atoms with Crippen LogP contribution in [0.3, 0.4) is 0 Å². The molecule has 0 bridgehead atoms. The van der Waals surface area contributed by atoms with Crippen LogP contribution >= 0.6 is 0 Å². The zero-order valence-corrected chi connectivity index (χ0v) is 16.8. The molecule has 1 rings (SSSR count). The Labute approximate surface area is 179 Å². The predicted octanol–water partition coefficient (Wildman–Crippen LogP) is 0.489. The normalized spacial score (nSPS) is 12.0. The smallest absolute Gasteiger partial charge is 0.408 e. The highest BCUT2D eigenvalue weighted by atomic mass is 16.5. The van der Waals surface area contributed by atoms with Crippen molar-refractivity contribution in [1.29, 1.82) is 0 Å². The van der Waals surface area contributed by atoms with E-state index in [1.54, 1.807) is 24.3 Å². The monoisotopic (exact) mass is 431 g/mol. The van der Waals surface area contributed by atoms with E-state index in [0.29, 0.717) is 0 Å². The Balaban J connectivity index is 2.61. The van der Waals surface area contributed by atoms with Crippen molar-refractivity contribution in [2.45, 2.75) is 50.8 Å². The quantitative estimate of drug-likeness (QED) is 0.330. The van der Waals surface area contributed by atoms with Crippen molar-refractivity contribution in [2.24, 2.45) is 5.73 Å². The average Bonchev–Trinajstić information content (AvgIpc) is 2.73. The summed E-state index contributed by atoms with van der Waals surface area (Å²) in [6.07, 6.45) is 3.15. The number of primary amides is 1. The molecule has 10 heteroatoms. The second-order valence-corrected chi connectivity index (χ2v) is 6.60. The third-order valence-electron chi connectivity index (χ3n) is 4.13. The van der Waals surface area contributed by atoms with E-state index < -0.39 is 41.7 Å². The molecule has 0 aliphatic heterocycles. The van der Waals surface area contributed by atoms with Crippen molar-refractivity contribution in [3.05, 3.63) is 35.9 Å². The van der Waals surface area contributed by atoms with Gasteiger partial charge in [0.05, 0.1) is 6.04 Å². The summed E-state index contributed by atoms with van der Waals surface area (Å²) in [5.41, 5.74) is 5.85. The molecule has 0 aliphatic carbocycles. The van der Waals surface area contributed by atoms with E-state index in [2.05, 4.69) is 16.6 Å². The number of terminal acetylenes is 1. The Morgan fingerprint density at radius 1 is 1.03 bits per heavy atom. The van der Waals surface area contributed by atoms with E-state index in [4.69, 9.17) is 22.0 Å². The number of carbonyl (C=O) groups is 5. The summed E-state index contributed by atoms with van der Waals surface area (Å²) < 4.78 is 5.07. The van der Waals surface area contributed by atoms with Crippen molar-refractivity contribution < 1.29 is 33.8 Å². The molecule has 0 fully saturated rings. The maximum absolute atomic E-state index is 12.5. The molecular weight excluding hydrogens is 406 g/mol. The number of Topliss-reactive ketones (excluding diaryl/α,β-unsaturated/α-hetero) is 1. The molecule has 1 aromatic rings. The zero-order valence-electron chi connectivity index (χ0n) is 16.8. The molecule has 1 unspecified atom stereocenters. The molecule has 0 saturated heterocycles. The van der Waals surface area contributed by atoms with Crippen molar-refractivity contribution in [2.75, 3.05) is 0 Å². The second-order valence-electron chi connectivity index (χ2n) is 6.60. The van der Waals surface area contributed by atoms with E-state index in [0.717, 1.165) is 5.56 Å². The van der Waals surface area contributed by atoms with Gasteiger partial charge in [0.15, 0.2) is 5.78 Å². The Morgan fingerprint density at radius 3 is 2.29 bits per heavy atom. The van der Waals surface area contributed by atoms with Gasteiger partial charge in [-0.25, -0.2) is 9.59 Å². The maximum atomic E-state index is 12.5. The minimum atomic E-state index is -1.29. The summed E-state index contributed by atoms with van der Waals surface area (Å²) >= 11 is 0. The fraction of sp³-hybridized carbons (Fsp3) is 0.381. The van der Waals surface area contributed by atoms with E-state index in [9.17, 15) is 24.0 Å². The van der Waals surface area contributed by atoms with Crippen molar-refractivity contribution in [3.63, 3.8) is 0 Å². The van der Waals surface area contributed by atoms with Crippen molar-refractivity contribution in [1.82, 2.24) is 10.6 Å². The summed E-state index contributed by atoms with van der Waals surface area (Å²) in [7, 11) is 0. The highest BCUT2D eigenvalue weighted by Crippen LogP contribution is 2.06. The summed E-state index contributed by atoms with van der Waals surface area (Å²) in [5.74, 6) is -1.02. The number of amides is 3. The molecule has 166 valence electrons. The first-order valence-electron chi connectivity index (χ1n) is 9.46. The van der Waals surface area contributed by atoms with Gasteiger partial charge in [-0.05, 0) is 12.0 Å². The van der Waals surface area contributed by atoms with E-state index in [-0.39, 0.29) is 38.7 Å². The number of rotatable bonds is 13. The van der Waals surface area contributed by atoms with Crippen LogP contribution in [0.4, 0.5) is 4.79 Å². The molecule has 0 radical (unpaired) electrons. The molecule has 31 heavy (non-hydrogen) atoms. The molecular formula is C21H25N3O7. The van der Waals surface area contributed by atoms with Crippen LogP contribution < -0.4 is 16.4 Å². The molecule has 0 aromatic heterocycles. The van der Waals surface area contributed by atoms with Gasteiger partial charge in [0, 0.05) is 25.7 Å². The fourth-order valence-electron chi connectivity index (χ4n) is 2.50. The summed E-state index contributed by atoms with van der Waals surface area (Å²) in [6.45, 7) is -0.0163. The molecule has 5 N–H and O–H groups in total. The summed E-state index contributed by atoms with van der Waals surface area (Å²) in [5, 5.41) is 13.6. The van der Waals surface area contributed by atoms with E-state index >= 15 is 0 Å². The zero-order chi connectivity index (χ0) is 23.2. The van der Waals surface area contributed by atoms with Gasteiger partial charge >= 0.3 is 12.1 Å². The molecule has 0 saturated carbocycles. The van der Waals surface area contributed by atoms with Crippen molar-refractivity contribution in [3.8, 4) is 12.3 Å². The van der Waals surface area contributed by atoms with Crippen molar-refractivity contribution >= 4 is 29.7 Å². The van der Waals surface area contributed by atoms with Crippen LogP contribution in [0.25, 0.3) is 0 Å². The highest BCUT2D eigenvalue weighted by molar-refractivity contribution is 5.91. The SMILES string of the molecule is C#CCC(NC(=O)CCC(=O)[C@H](CCC(N)=O)NC(=O)OCc1ccccc1)C(=O)O. The molecule has 0 heterocycles. The fourth-order valence-corrected chi connectivity index (χ4v) is 2.50. The van der Waals surface area contributed by atoms with Crippen LogP contribution in [0.15, 0.2) is 30.3 Å². The number of benzene rings is 1.